The number of benzene rings is 1. The van der Waals surface area contributed by atoms with Crippen molar-refractivity contribution in [3.8, 4) is 11.5 Å². The van der Waals surface area contributed by atoms with E-state index in [0.717, 1.165) is 36.2 Å². The number of hydrogen-bond donors (Lipinski definition) is 0. The van der Waals surface area contributed by atoms with Gasteiger partial charge in [0.25, 0.3) is 0 Å². The van der Waals surface area contributed by atoms with Crippen molar-refractivity contribution in [1.29, 1.82) is 0 Å². The van der Waals surface area contributed by atoms with Crippen LogP contribution in [0.25, 0.3) is 0 Å². The Hall–Kier alpha value is -0.297. The Morgan fingerprint density at radius 1 is 1.09 bits per heavy atom. The summed E-state index contributed by atoms with van der Waals surface area (Å²) in [5.41, 5.74) is 0. The molecule has 0 fully saturated rings. The van der Waals surface area contributed by atoms with Crippen molar-refractivity contribution in [2.75, 3.05) is 14.2 Å². The summed E-state index contributed by atoms with van der Waals surface area (Å²) >= 11 is 0.742. The molecule has 0 amide bonds. The van der Waals surface area contributed by atoms with Crippen molar-refractivity contribution < 1.29 is 9.47 Å². The summed E-state index contributed by atoms with van der Waals surface area (Å²) in [7, 11) is 3.36. The molecule has 1 aromatic carbocycles. The molecule has 0 aliphatic heterocycles. The molecule has 0 heterocycles. The van der Waals surface area contributed by atoms with Crippen LogP contribution in [0.15, 0.2) is 18.2 Å². The molecule has 1 aromatic rings. The minimum absolute atomic E-state index is 0.742. The van der Waals surface area contributed by atoms with Crippen LogP contribution in [0.4, 0.5) is 0 Å². The number of rotatable bonds is 2. The molecular weight excluding hydrogens is 337 g/mol. The first-order chi connectivity index (χ1) is 5.29. The topological polar surface area (TPSA) is 18.5 Å². The first-order valence-electron chi connectivity index (χ1n) is 3.26. The van der Waals surface area contributed by atoms with Gasteiger partial charge < -0.3 is 0 Å². The second-order valence-electron chi connectivity index (χ2n) is 2.08. The van der Waals surface area contributed by atoms with Crippen LogP contribution in [-0.2, 0) is 0 Å². The molecule has 0 saturated carbocycles. The zero-order chi connectivity index (χ0) is 8.27. The molecule has 2 nitrogen and oxygen atoms in total. The van der Waals surface area contributed by atoms with Gasteiger partial charge >= 0.3 is 81.4 Å². The number of ether oxygens (including phenoxy) is 2. The molecule has 0 radical (unpaired) electrons. The number of hydrogen-bond acceptors (Lipinski definition) is 2. The summed E-state index contributed by atoms with van der Waals surface area (Å²) in [5, 5.41) is 0. The molecular formula is C8H11BiO2. The van der Waals surface area contributed by atoms with Crippen LogP contribution in [0.5, 0.6) is 11.5 Å². The van der Waals surface area contributed by atoms with Crippen LogP contribution in [0, 0.1) is 0 Å². The molecule has 60 valence electrons. The Kier molecular flexibility index (Phi) is 3.13. The van der Waals surface area contributed by atoms with Gasteiger partial charge in [-0.3, -0.25) is 0 Å². The van der Waals surface area contributed by atoms with Gasteiger partial charge in [-0.15, -0.1) is 0 Å². The fourth-order valence-corrected chi connectivity index (χ4v) is 2.54. The number of methoxy groups -OCH3 is 2. The Labute approximate surface area is 81.4 Å². The van der Waals surface area contributed by atoms with Crippen LogP contribution in [0.3, 0.4) is 0 Å². The molecule has 1 rings (SSSR count). The monoisotopic (exact) mass is 348 g/mol. The van der Waals surface area contributed by atoms with Crippen molar-refractivity contribution >= 4 is 28.0 Å². The van der Waals surface area contributed by atoms with E-state index in [9.17, 15) is 0 Å². The standard InChI is InChI=1S/C8H9O2.Bi.2H/c1-9-7-4-3-5-8(6-7)10-2;;;/h3-5H,1-2H3;;;. The van der Waals surface area contributed by atoms with Gasteiger partial charge in [-0.05, 0) is 0 Å². The van der Waals surface area contributed by atoms with Crippen LogP contribution >= 0.6 is 0 Å². The zero-order valence-corrected chi connectivity index (χ0v) is 11.1. The molecule has 0 saturated heterocycles. The normalized spacial score (nSPS) is 9.36. The van der Waals surface area contributed by atoms with E-state index in [1.807, 2.05) is 18.2 Å². The predicted octanol–water partition coefficient (Wildman–Crippen LogP) is -0.0378. The van der Waals surface area contributed by atoms with Crippen molar-refractivity contribution in [1.82, 2.24) is 0 Å². The van der Waals surface area contributed by atoms with Crippen molar-refractivity contribution in [3.05, 3.63) is 18.2 Å². The first kappa shape index (κ1) is 8.80. The van der Waals surface area contributed by atoms with E-state index in [1.54, 1.807) is 14.2 Å². The van der Waals surface area contributed by atoms with Crippen LogP contribution in [-0.4, -0.2) is 38.9 Å². The van der Waals surface area contributed by atoms with Crippen LogP contribution in [0.1, 0.15) is 0 Å². The van der Waals surface area contributed by atoms with E-state index in [-0.39, 0.29) is 0 Å². The zero-order valence-electron chi connectivity index (χ0n) is 6.63. The molecule has 0 N–H and O–H groups in total. The molecule has 0 spiro atoms. The molecule has 3 heteroatoms. The van der Waals surface area contributed by atoms with E-state index in [0.29, 0.717) is 0 Å². The van der Waals surface area contributed by atoms with E-state index in [2.05, 4.69) is 0 Å². The van der Waals surface area contributed by atoms with Gasteiger partial charge in [-0.25, -0.2) is 0 Å². The SMILES string of the molecule is COc1cccc(OC)[c]1[BiH2]. The third kappa shape index (κ3) is 1.84. The molecule has 0 bridgehead atoms. The fourth-order valence-electron chi connectivity index (χ4n) is 0.880. The maximum atomic E-state index is 5.15. The summed E-state index contributed by atoms with van der Waals surface area (Å²) in [6, 6.07) is 5.85. The van der Waals surface area contributed by atoms with E-state index in [4.69, 9.17) is 9.47 Å². The van der Waals surface area contributed by atoms with Gasteiger partial charge in [0.1, 0.15) is 0 Å². The Morgan fingerprint density at radius 2 is 1.55 bits per heavy atom. The Bertz CT molecular complexity index is 226. The summed E-state index contributed by atoms with van der Waals surface area (Å²) in [4.78, 5) is 0. The predicted molar refractivity (Wildman–Crippen MR) is 47.7 cm³/mol. The molecule has 11 heavy (non-hydrogen) atoms. The van der Waals surface area contributed by atoms with E-state index >= 15 is 0 Å². The fraction of sp³-hybridized carbons (Fsp3) is 0.250. The molecule has 0 aromatic heterocycles. The quantitative estimate of drug-likeness (QED) is 0.699. The summed E-state index contributed by atoms with van der Waals surface area (Å²) in [6.45, 7) is 0. The van der Waals surface area contributed by atoms with Gasteiger partial charge in [0, 0.05) is 0 Å². The van der Waals surface area contributed by atoms with Gasteiger partial charge in [-0.2, -0.15) is 0 Å². The van der Waals surface area contributed by atoms with Gasteiger partial charge in [0.2, 0.25) is 0 Å². The summed E-state index contributed by atoms with van der Waals surface area (Å²) in [5.74, 6) is 1.88. The average molecular weight is 348 g/mol. The van der Waals surface area contributed by atoms with Gasteiger partial charge in [0.15, 0.2) is 0 Å². The van der Waals surface area contributed by atoms with E-state index < -0.39 is 0 Å². The van der Waals surface area contributed by atoms with Crippen molar-refractivity contribution in [2.24, 2.45) is 0 Å². The average Bonchev–Trinajstić information content (AvgIpc) is 2.05. The van der Waals surface area contributed by atoms with Crippen molar-refractivity contribution in [3.63, 3.8) is 0 Å². The van der Waals surface area contributed by atoms with Crippen molar-refractivity contribution in [2.45, 2.75) is 0 Å². The van der Waals surface area contributed by atoms with E-state index in [1.165, 1.54) is 3.27 Å². The third-order valence-corrected chi connectivity index (χ3v) is 3.68. The molecule has 0 unspecified atom stereocenters. The van der Waals surface area contributed by atoms with Crippen LogP contribution < -0.4 is 12.7 Å². The molecule has 0 atom stereocenters. The first-order valence-corrected chi connectivity index (χ1v) is 5.50. The third-order valence-electron chi connectivity index (χ3n) is 1.47. The van der Waals surface area contributed by atoms with Crippen LogP contribution in [0.2, 0.25) is 0 Å². The second-order valence-corrected chi connectivity index (χ2v) is 4.32. The Balaban J connectivity index is 3.10. The minimum atomic E-state index is 0.742. The second kappa shape index (κ2) is 3.91. The van der Waals surface area contributed by atoms with Gasteiger partial charge in [-0.1, -0.05) is 0 Å². The summed E-state index contributed by atoms with van der Waals surface area (Å²) < 4.78 is 11.5. The molecule has 0 aliphatic rings. The summed E-state index contributed by atoms with van der Waals surface area (Å²) in [6.07, 6.45) is 0. The maximum absolute atomic E-state index is 5.15. The Morgan fingerprint density at radius 3 is 1.91 bits per heavy atom. The molecule has 0 aliphatic carbocycles. The van der Waals surface area contributed by atoms with Gasteiger partial charge in [0.05, 0.1) is 0 Å².